The zero-order chi connectivity index (χ0) is 17.6. The van der Waals surface area contributed by atoms with Crippen molar-refractivity contribution in [1.82, 2.24) is 9.55 Å². The molecule has 0 spiro atoms. The third kappa shape index (κ3) is 2.78. The smallest absolute Gasteiger partial charge is 0.302 e. The summed E-state index contributed by atoms with van der Waals surface area (Å²) in [5.74, 6) is 1.12. The van der Waals surface area contributed by atoms with Crippen LogP contribution in [0.4, 0.5) is 11.6 Å². The molecule has 2 aromatic heterocycles. The van der Waals surface area contributed by atoms with Crippen molar-refractivity contribution in [2.24, 2.45) is 10.9 Å². The highest BCUT2D eigenvalue weighted by Gasteiger charge is 2.35. The number of hydrogen-bond donors (Lipinski definition) is 1. The number of nitrogens with one attached hydrogen (secondary N) is 1. The van der Waals surface area contributed by atoms with Gasteiger partial charge in [0.05, 0.1) is 17.8 Å². The topological polar surface area (TPSA) is 94.8 Å². The zero-order valence-electron chi connectivity index (χ0n) is 13.9. The Morgan fingerprint density at radius 2 is 2.32 bits per heavy atom. The van der Waals surface area contributed by atoms with Crippen LogP contribution in [0.2, 0.25) is 0 Å². The molecule has 8 heteroatoms. The number of aromatic nitrogens is 2. The number of rotatable bonds is 3. The van der Waals surface area contributed by atoms with E-state index in [4.69, 9.17) is 9.47 Å². The fourth-order valence-corrected chi connectivity index (χ4v) is 3.43. The second-order valence-electron chi connectivity index (χ2n) is 6.39. The van der Waals surface area contributed by atoms with Crippen LogP contribution in [0.15, 0.2) is 28.1 Å². The van der Waals surface area contributed by atoms with Gasteiger partial charge < -0.3 is 19.4 Å². The van der Waals surface area contributed by atoms with Gasteiger partial charge in [-0.25, -0.2) is 4.99 Å². The predicted molar refractivity (Wildman–Crippen MR) is 92.1 cm³/mol. The number of hydrogen-bond acceptors (Lipinski definition) is 7. The molecule has 2 aliphatic heterocycles. The summed E-state index contributed by atoms with van der Waals surface area (Å²) >= 11 is 0. The maximum Gasteiger partial charge on any atom is 0.302 e. The van der Waals surface area contributed by atoms with E-state index in [2.05, 4.69) is 22.2 Å². The lowest BCUT2D eigenvalue weighted by Crippen LogP contribution is -2.18. The first-order valence-corrected chi connectivity index (χ1v) is 8.16. The summed E-state index contributed by atoms with van der Waals surface area (Å²) in [5, 5.41) is 4.59. The van der Waals surface area contributed by atoms with E-state index in [1.807, 2.05) is 10.8 Å². The Morgan fingerprint density at radius 3 is 3.12 bits per heavy atom. The lowest BCUT2D eigenvalue weighted by molar-refractivity contribution is -0.145. The average molecular weight is 342 g/mol. The van der Waals surface area contributed by atoms with Crippen LogP contribution >= 0.6 is 0 Å². The highest BCUT2D eigenvalue weighted by atomic mass is 16.6. The molecule has 25 heavy (non-hydrogen) atoms. The van der Waals surface area contributed by atoms with Crippen LogP contribution in [0.5, 0.6) is 0 Å². The van der Waals surface area contributed by atoms with Gasteiger partial charge in [-0.15, -0.1) is 0 Å². The van der Waals surface area contributed by atoms with Crippen LogP contribution in [0, 0.1) is 5.92 Å². The summed E-state index contributed by atoms with van der Waals surface area (Å²) in [6.45, 7) is 3.73. The molecule has 130 valence electrons. The molecule has 0 amide bonds. The fraction of sp³-hybridized carbons (Fsp3) is 0.412. The SMILES string of the molecule is CC(=O)OC[C@@H]1C[C@H](C)C(n2cc3ccc(=O)nc4c3c2N=CN4)O1. The van der Waals surface area contributed by atoms with Crippen molar-refractivity contribution >= 4 is 34.7 Å². The van der Waals surface area contributed by atoms with Crippen molar-refractivity contribution in [2.45, 2.75) is 32.6 Å². The Labute approximate surface area is 143 Å². The Hall–Kier alpha value is -2.74. The van der Waals surface area contributed by atoms with Gasteiger partial charge in [0.15, 0.2) is 0 Å². The Morgan fingerprint density at radius 1 is 1.48 bits per heavy atom. The number of nitrogens with zero attached hydrogens (tertiary/aromatic N) is 3. The van der Waals surface area contributed by atoms with Crippen LogP contribution in [0.25, 0.3) is 10.8 Å². The molecule has 3 atom stereocenters. The van der Waals surface area contributed by atoms with E-state index >= 15 is 0 Å². The van der Waals surface area contributed by atoms with E-state index in [1.165, 1.54) is 19.3 Å². The van der Waals surface area contributed by atoms with E-state index in [0.717, 1.165) is 17.2 Å². The second kappa shape index (κ2) is 5.96. The normalized spacial score (nSPS) is 24.3. The molecule has 0 aromatic carbocycles. The van der Waals surface area contributed by atoms with Gasteiger partial charge >= 0.3 is 5.97 Å². The summed E-state index contributed by atoms with van der Waals surface area (Å²) < 4.78 is 13.1. The maximum atomic E-state index is 11.7. The fourth-order valence-electron chi connectivity index (χ4n) is 3.43. The van der Waals surface area contributed by atoms with E-state index in [-0.39, 0.29) is 36.4 Å². The predicted octanol–water partition coefficient (Wildman–Crippen LogP) is 1.97. The Kier molecular flexibility index (Phi) is 3.76. The first kappa shape index (κ1) is 15.8. The van der Waals surface area contributed by atoms with Crippen molar-refractivity contribution in [3.05, 3.63) is 28.7 Å². The Balaban J connectivity index is 1.72. The average Bonchev–Trinajstić information content (AvgIpc) is 3.07. The summed E-state index contributed by atoms with van der Waals surface area (Å²) in [5.41, 5.74) is -0.307. The van der Waals surface area contributed by atoms with Gasteiger partial charge in [-0.3, -0.25) is 9.59 Å². The number of carbonyl (C=O) groups is 1. The van der Waals surface area contributed by atoms with E-state index in [1.54, 1.807) is 6.07 Å². The van der Waals surface area contributed by atoms with E-state index in [0.29, 0.717) is 11.6 Å². The highest BCUT2D eigenvalue weighted by Crippen LogP contribution is 2.42. The van der Waals surface area contributed by atoms with Gasteiger partial charge in [0.2, 0.25) is 0 Å². The van der Waals surface area contributed by atoms with Gasteiger partial charge in [0.25, 0.3) is 5.56 Å². The minimum atomic E-state index is -0.311. The quantitative estimate of drug-likeness (QED) is 0.857. The monoisotopic (exact) mass is 342 g/mol. The molecule has 0 radical (unpaired) electrons. The largest absolute Gasteiger partial charge is 0.463 e. The van der Waals surface area contributed by atoms with Crippen LogP contribution in [0.3, 0.4) is 0 Å². The van der Waals surface area contributed by atoms with Crippen LogP contribution < -0.4 is 10.9 Å². The minimum Gasteiger partial charge on any atom is -0.463 e. The second-order valence-corrected chi connectivity index (χ2v) is 6.39. The molecule has 4 rings (SSSR count). The molecule has 2 aliphatic rings. The van der Waals surface area contributed by atoms with E-state index in [9.17, 15) is 9.59 Å². The van der Waals surface area contributed by atoms with E-state index < -0.39 is 0 Å². The van der Waals surface area contributed by atoms with Crippen molar-refractivity contribution in [3.63, 3.8) is 0 Å². The van der Waals surface area contributed by atoms with Gasteiger partial charge in [-0.05, 0) is 12.5 Å². The van der Waals surface area contributed by atoms with Gasteiger partial charge in [0.1, 0.15) is 24.5 Å². The van der Waals surface area contributed by atoms with Crippen molar-refractivity contribution < 1.29 is 14.3 Å². The van der Waals surface area contributed by atoms with Crippen LogP contribution in [-0.2, 0) is 14.3 Å². The summed E-state index contributed by atoms with van der Waals surface area (Å²) in [6.07, 6.45) is 3.88. The van der Waals surface area contributed by atoms with Crippen LogP contribution in [0.1, 0.15) is 26.5 Å². The highest BCUT2D eigenvalue weighted by molar-refractivity contribution is 6.06. The summed E-state index contributed by atoms with van der Waals surface area (Å²) in [4.78, 5) is 31.2. The maximum absolute atomic E-state index is 11.7. The molecular formula is C17H18N4O4. The molecule has 0 saturated carbocycles. The molecule has 0 aliphatic carbocycles. The molecule has 1 N–H and O–H groups in total. The number of ether oxygens (including phenoxy) is 2. The third-order valence-corrected chi connectivity index (χ3v) is 4.49. The standard InChI is InChI=1S/C17H18N4O4/c1-9-5-12(7-24-10(2)22)25-17(9)21-6-11-3-4-13(23)20-15-14(11)16(21)19-8-18-15/h3-4,6,8-9,12,17H,5,7H2,1-2H3,(H,18,19,20,23)/t9-,12-,17?/m0/s1. The molecule has 1 fully saturated rings. The van der Waals surface area contributed by atoms with Gasteiger partial charge in [0, 0.05) is 30.5 Å². The molecular weight excluding hydrogens is 324 g/mol. The number of esters is 1. The number of anilines is 1. The van der Waals surface area contributed by atoms with Crippen LogP contribution in [-0.4, -0.2) is 34.6 Å². The lowest BCUT2D eigenvalue weighted by Gasteiger charge is -2.20. The first-order chi connectivity index (χ1) is 12.0. The lowest BCUT2D eigenvalue weighted by atomic mass is 10.1. The number of carbonyl (C=O) groups excluding carboxylic acids is 1. The molecule has 1 unspecified atom stereocenters. The number of aliphatic imine (C=N–C) groups is 1. The van der Waals surface area contributed by atoms with Gasteiger partial charge in [-0.1, -0.05) is 6.92 Å². The summed E-state index contributed by atoms with van der Waals surface area (Å²) in [6, 6.07) is 3.18. The molecule has 8 nitrogen and oxygen atoms in total. The van der Waals surface area contributed by atoms with Gasteiger partial charge in [-0.2, -0.15) is 4.98 Å². The van der Waals surface area contributed by atoms with Crippen molar-refractivity contribution in [1.29, 1.82) is 0 Å². The molecule has 0 bridgehead atoms. The molecule has 4 heterocycles. The zero-order valence-corrected chi connectivity index (χ0v) is 13.9. The van der Waals surface area contributed by atoms with Crippen molar-refractivity contribution in [2.75, 3.05) is 11.9 Å². The summed E-state index contributed by atoms with van der Waals surface area (Å²) in [7, 11) is 0. The third-order valence-electron chi connectivity index (χ3n) is 4.49. The molecule has 2 aromatic rings. The first-order valence-electron chi connectivity index (χ1n) is 8.16. The van der Waals surface area contributed by atoms with Crippen molar-refractivity contribution in [3.8, 4) is 0 Å². The Bertz CT molecular complexity index is 936. The minimum absolute atomic E-state index is 0.144. The molecule has 1 saturated heterocycles.